The number of piperidine rings is 1. The molecule has 8 heteroatoms. The van der Waals surface area contributed by atoms with Crippen LogP contribution in [0.4, 0.5) is 11.6 Å². The Morgan fingerprint density at radius 1 is 1.20 bits per heavy atom. The highest BCUT2D eigenvalue weighted by atomic mass is 32.1. The third-order valence-electron chi connectivity index (χ3n) is 4.79. The molecule has 0 bridgehead atoms. The number of ether oxygens (including phenoxy) is 1. The highest BCUT2D eigenvalue weighted by Gasteiger charge is 2.21. The van der Waals surface area contributed by atoms with E-state index in [1.165, 1.54) is 6.42 Å². The van der Waals surface area contributed by atoms with Crippen molar-refractivity contribution in [1.29, 1.82) is 0 Å². The molecule has 1 aromatic carbocycles. The van der Waals surface area contributed by atoms with Gasteiger partial charge in [0.1, 0.15) is 5.75 Å². The Labute approximate surface area is 184 Å². The number of hydrogen-bond donors (Lipinski definition) is 2. The molecule has 3 rings (SSSR count). The number of hydrogen-bond acceptors (Lipinski definition) is 4. The van der Waals surface area contributed by atoms with E-state index in [4.69, 9.17) is 17.0 Å². The molecule has 2 heterocycles. The molecule has 2 aromatic rings. The molecule has 160 valence electrons. The van der Waals surface area contributed by atoms with Crippen molar-refractivity contribution in [3.63, 3.8) is 0 Å². The summed E-state index contributed by atoms with van der Waals surface area (Å²) in [4.78, 5) is 15.9. The van der Waals surface area contributed by atoms with Crippen molar-refractivity contribution < 1.29 is 4.74 Å². The minimum atomic E-state index is 0.379. The maximum Gasteiger partial charge on any atom is 0.229 e. The first-order chi connectivity index (χ1) is 14.4. The summed E-state index contributed by atoms with van der Waals surface area (Å²) in [6.45, 7) is 10.6. The molecule has 1 unspecified atom stereocenters. The Bertz CT molecular complexity index is 879. The van der Waals surface area contributed by atoms with Crippen LogP contribution in [-0.2, 0) is 0 Å². The van der Waals surface area contributed by atoms with Crippen molar-refractivity contribution in [2.45, 2.75) is 40.5 Å². The van der Waals surface area contributed by atoms with Gasteiger partial charge < -0.3 is 15.0 Å². The zero-order valence-corrected chi connectivity index (χ0v) is 18.9. The van der Waals surface area contributed by atoms with Crippen LogP contribution in [0.5, 0.6) is 5.75 Å². The predicted molar refractivity (Wildman–Crippen MR) is 126 cm³/mol. The first kappa shape index (κ1) is 22.0. The molecule has 1 saturated heterocycles. The third-order valence-corrected chi connectivity index (χ3v) is 4.98. The number of aryl methyl sites for hydroxylation is 2. The number of benzene rings is 1. The molecule has 0 amide bonds. The summed E-state index contributed by atoms with van der Waals surface area (Å²) in [5.41, 5.74) is 2.68. The Morgan fingerprint density at radius 2 is 1.90 bits per heavy atom. The molecule has 30 heavy (non-hydrogen) atoms. The number of likely N-dealkylation sites (tertiary alicyclic amines) is 1. The van der Waals surface area contributed by atoms with E-state index in [0.717, 1.165) is 42.3 Å². The van der Waals surface area contributed by atoms with Crippen LogP contribution in [-0.4, -0.2) is 45.6 Å². The van der Waals surface area contributed by atoms with Gasteiger partial charge in [-0.25, -0.2) is 9.97 Å². The van der Waals surface area contributed by atoms with Crippen molar-refractivity contribution in [2.24, 2.45) is 10.9 Å². The molecule has 1 aliphatic rings. The average Bonchev–Trinajstić information content (AvgIpc) is 2.68. The van der Waals surface area contributed by atoms with Gasteiger partial charge in [-0.3, -0.25) is 5.32 Å². The fourth-order valence-corrected chi connectivity index (χ4v) is 3.69. The number of guanidine groups is 1. The lowest BCUT2D eigenvalue weighted by molar-refractivity contribution is 0.273. The molecule has 0 saturated carbocycles. The zero-order chi connectivity index (χ0) is 21.5. The number of nitrogens with zero attached hydrogens (tertiary/aromatic N) is 4. The largest absolute Gasteiger partial charge is 0.494 e. The standard InChI is InChI=1S/C22H30N6OS/c1-5-29-19-10-8-18(9-11-19)25-22(30)27-21(28-12-6-7-15(2)14-28)26-20-23-16(3)13-17(4)24-20/h8-11,13,15H,5-7,12,14H2,1-4H3,(H2,23,24,25,26,27,30). The van der Waals surface area contributed by atoms with Gasteiger partial charge in [-0.15, -0.1) is 0 Å². The Hall–Kier alpha value is -2.74. The second kappa shape index (κ2) is 10.3. The van der Waals surface area contributed by atoms with E-state index < -0.39 is 0 Å². The summed E-state index contributed by atoms with van der Waals surface area (Å²) in [5, 5.41) is 6.86. The van der Waals surface area contributed by atoms with E-state index >= 15 is 0 Å². The van der Waals surface area contributed by atoms with Crippen molar-refractivity contribution in [3.05, 3.63) is 41.7 Å². The van der Waals surface area contributed by atoms with Gasteiger partial charge in [0, 0.05) is 30.2 Å². The zero-order valence-electron chi connectivity index (χ0n) is 18.1. The topological polar surface area (TPSA) is 74.7 Å². The van der Waals surface area contributed by atoms with Crippen molar-refractivity contribution >= 4 is 34.9 Å². The predicted octanol–water partition coefficient (Wildman–Crippen LogP) is 4.39. The third kappa shape index (κ3) is 6.38. The number of anilines is 2. The lowest BCUT2D eigenvalue weighted by atomic mass is 10.0. The van der Waals surface area contributed by atoms with E-state index in [9.17, 15) is 0 Å². The monoisotopic (exact) mass is 426 g/mol. The fourth-order valence-electron chi connectivity index (χ4n) is 3.49. The minimum absolute atomic E-state index is 0.379. The van der Waals surface area contributed by atoms with Crippen LogP contribution in [0.25, 0.3) is 0 Å². The summed E-state index contributed by atoms with van der Waals surface area (Å²) >= 11 is 5.53. The molecular formula is C22H30N6OS. The number of aromatic nitrogens is 2. The average molecular weight is 427 g/mol. The number of thiocarbonyl (C=S) groups is 1. The lowest BCUT2D eigenvalue weighted by Crippen LogP contribution is -2.43. The van der Waals surface area contributed by atoms with Crippen LogP contribution < -0.4 is 15.4 Å². The van der Waals surface area contributed by atoms with Gasteiger partial charge in [-0.1, -0.05) is 6.92 Å². The highest BCUT2D eigenvalue weighted by molar-refractivity contribution is 7.80. The molecule has 2 N–H and O–H groups in total. The molecule has 7 nitrogen and oxygen atoms in total. The van der Waals surface area contributed by atoms with Gasteiger partial charge in [0.2, 0.25) is 17.0 Å². The van der Waals surface area contributed by atoms with E-state index in [1.54, 1.807) is 0 Å². The summed E-state index contributed by atoms with van der Waals surface area (Å²) in [5.74, 6) is 2.64. The highest BCUT2D eigenvalue weighted by Crippen LogP contribution is 2.18. The van der Waals surface area contributed by atoms with Gasteiger partial charge in [-0.05, 0) is 82.1 Å². The maximum atomic E-state index is 5.53. The molecular weight excluding hydrogens is 396 g/mol. The minimum Gasteiger partial charge on any atom is -0.494 e. The second-order valence-corrected chi connectivity index (χ2v) is 8.00. The van der Waals surface area contributed by atoms with E-state index in [2.05, 4.69) is 37.4 Å². The van der Waals surface area contributed by atoms with Crippen LogP contribution in [0.15, 0.2) is 35.3 Å². The van der Waals surface area contributed by atoms with Crippen LogP contribution in [0.3, 0.4) is 0 Å². The van der Waals surface area contributed by atoms with Crippen LogP contribution in [0.1, 0.15) is 38.1 Å². The quantitative estimate of drug-likeness (QED) is 0.427. The van der Waals surface area contributed by atoms with Crippen molar-refractivity contribution in [1.82, 2.24) is 14.9 Å². The SMILES string of the molecule is CCOc1ccc(NC(=S)/N=C(/Nc2nc(C)cc(C)n2)N2CCCC(C)C2)cc1. The van der Waals surface area contributed by atoms with Crippen molar-refractivity contribution in [2.75, 3.05) is 30.3 Å². The molecule has 0 radical (unpaired) electrons. The molecule has 1 atom stereocenters. The number of rotatable bonds is 4. The Kier molecular flexibility index (Phi) is 7.57. The van der Waals surface area contributed by atoms with Crippen LogP contribution >= 0.6 is 12.2 Å². The van der Waals surface area contributed by atoms with Crippen LogP contribution in [0, 0.1) is 19.8 Å². The first-order valence-corrected chi connectivity index (χ1v) is 10.8. The second-order valence-electron chi connectivity index (χ2n) is 7.62. The summed E-state index contributed by atoms with van der Waals surface area (Å²) in [7, 11) is 0. The molecule has 0 aliphatic carbocycles. The Balaban J connectivity index is 1.78. The summed E-state index contributed by atoms with van der Waals surface area (Å²) < 4.78 is 5.49. The van der Waals surface area contributed by atoms with E-state index in [-0.39, 0.29) is 0 Å². The van der Waals surface area contributed by atoms with E-state index in [0.29, 0.717) is 29.5 Å². The van der Waals surface area contributed by atoms with Crippen molar-refractivity contribution in [3.8, 4) is 5.75 Å². The number of aliphatic imine (C=N–C) groups is 1. The molecule has 1 fully saturated rings. The normalized spacial score (nSPS) is 16.9. The number of nitrogens with one attached hydrogen (secondary N) is 2. The maximum absolute atomic E-state index is 5.53. The van der Waals surface area contributed by atoms with Gasteiger partial charge in [-0.2, -0.15) is 4.99 Å². The molecule has 1 aromatic heterocycles. The Morgan fingerprint density at radius 3 is 2.53 bits per heavy atom. The first-order valence-electron chi connectivity index (χ1n) is 10.4. The van der Waals surface area contributed by atoms with Crippen LogP contribution in [0.2, 0.25) is 0 Å². The van der Waals surface area contributed by atoms with E-state index in [1.807, 2.05) is 51.1 Å². The summed E-state index contributed by atoms with van der Waals surface area (Å²) in [6, 6.07) is 9.62. The molecule has 1 aliphatic heterocycles. The smallest absolute Gasteiger partial charge is 0.229 e. The summed E-state index contributed by atoms with van der Waals surface area (Å²) in [6.07, 6.45) is 2.34. The van der Waals surface area contributed by atoms with Gasteiger partial charge >= 0.3 is 0 Å². The lowest BCUT2D eigenvalue weighted by Gasteiger charge is -2.33. The molecule has 0 spiro atoms. The fraction of sp³-hybridized carbons (Fsp3) is 0.455. The van der Waals surface area contributed by atoms with Gasteiger partial charge in [0.15, 0.2) is 0 Å². The van der Waals surface area contributed by atoms with Gasteiger partial charge in [0.05, 0.1) is 6.61 Å². The van der Waals surface area contributed by atoms with Gasteiger partial charge in [0.25, 0.3) is 0 Å².